The minimum atomic E-state index is -0.226. The van der Waals surface area contributed by atoms with Crippen LogP contribution >= 0.6 is 11.6 Å². The van der Waals surface area contributed by atoms with Crippen molar-refractivity contribution in [2.75, 3.05) is 6.54 Å². The largest absolute Gasteiger partial charge is 0.349 e. The summed E-state index contributed by atoms with van der Waals surface area (Å²) in [7, 11) is 0. The number of pyridine rings is 1. The van der Waals surface area contributed by atoms with E-state index in [4.69, 9.17) is 17.3 Å². The third-order valence-electron chi connectivity index (χ3n) is 2.01. The Morgan fingerprint density at radius 2 is 2.40 bits per heavy atom. The van der Waals surface area contributed by atoms with Crippen molar-refractivity contribution >= 4 is 17.5 Å². The monoisotopic (exact) mass is 227 g/mol. The zero-order chi connectivity index (χ0) is 11.3. The first kappa shape index (κ1) is 11.9. The molecule has 4 nitrogen and oxygen atoms in total. The smallest absolute Gasteiger partial charge is 0.269 e. The van der Waals surface area contributed by atoms with Crippen LogP contribution in [0.25, 0.3) is 0 Å². The van der Waals surface area contributed by atoms with Crippen molar-refractivity contribution in [3.63, 3.8) is 0 Å². The molecule has 1 aromatic heterocycles. The highest BCUT2D eigenvalue weighted by Gasteiger charge is 2.07. The molecule has 0 radical (unpaired) electrons. The summed E-state index contributed by atoms with van der Waals surface area (Å²) in [5, 5.41) is 3.21. The Bertz CT molecular complexity index is 326. The number of aromatic nitrogens is 1. The molecular weight excluding hydrogens is 214 g/mol. The molecular formula is C10H14ClN3O. The second kappa shape index (κ2) is 5.68. The number of hydrogen-bond acceptors (Lipinski definition) is 3. The summed E-state index contributed by atoms with van der Waals surface area (Å²) in [6, 6.07) is 3.19. The van der Waals surface area contributed by atoms with Gasteiger partial charge in [0, 0.05) is 18.8 Å². The third-order valence-corrected chi connectivity index (χ3v) is 2.23. The van der Waals surface area contributed by atoms with E-state index in [1.165, 1.54) is 6.20 Å². The van der Waals surface area contributed by atoms with Gasteiger partial charge in [0.15, 0.2) is 0 Å². The van der Waals surface area contributed by atoms with Crippen molar-refractivity contribution in [2.45, 2.75) is 19.4 Å². The molecule has 15 heavy (non-hydrogen) atoms. The molecule has 1 heterocycles. The van der Waals surface area contributed by atoms with E-state index >= 15 is 0 Å². The Morgan fingerprint density at radius 3 is 2.93 bits per heavy atom. The van der Waals surface area contributed by atoms with Crippen molar-refractivity contribution in [3.05, 3.63) is 29.0 Å². The Hall–Kier alpha value is -1.13. The predicted octanol–water partition coefficient (Wildman–Crippen LogP) is 1.20. The number of nitrogens with zero attached hydrogens (tertiary/aromatic N) is 1. The summed E-state index contributed by atoms with van der Waals surface area (Å²) >= 11 is 5.65. The molecule has 0 aliphatic heterocycles. The molecule has 0 saturated carbocycles. The number of amides is 1. The van der Waals surface area contributed by atoms with E-state index in [0.717, 1.165) is 6.42 Å². The molecule has 1 unspecified atom stereocenters. The minimum Gasteiger partial charge on any atom is -0.349 e. The fourth-order valence-corrected chi connectivity index (χ4v) is 1.08. The molecule has 5 heteroatoms. The van der Waals surface area contributed by atoms with Gasteiger partial charge in [-0.25, -0.2) is 4.98 Å². The molecule has 0 bridgehead atoms. The van der Waals surface area contributed by atoms with E-state index < -0.39 is 0 Å². The SMILES string of the molecule is CCC(N)CNC(=O)c1ccc(Cl)cn1. The molecule has 0 fully saturated rings. The molecule has 1 rings (SSSR count). The second-order valence-electron chi connectivity index (χ2n) is 3.24. The van der Waals surface area contributed by atoms with Gasteiger partial charge < -0.3 is 11.1 Å². The molecule has 82 valence electrons. The Labute approximate surface area is 93.8 Å². The molecule has 1 amide bonds. The lowest BCUT2D eigenvalue weighted by atomic mass is 10.2. The summed E-state index contributed by atoms with van der Waals surface area (Å²) in [5.74, 6) is -0.226. The summed E-state index contributed by atoms with van der Waals surface area (Å²) in [6.07, 6.45) is 2.27. The van der Waals surface area contributed by atoms with Gasteiger partial charge in [0.1, 0.15) is 5.69 Å². The Kier molecular flexibility index (Phi) is 4.52. The van der Waals surface area contributed by atoms with Crippen molar-refractivity contribution in [1.29, 1.82) is 0 Å². The highest BCUT2D eigenvalue weighted by molar-refractivity contribution is 6.30. The van der Waals surface area contributed by atoms with Gasteiger partial charge in [0.05, 0.1) is 5.02 Å². The molecule has 0 aliphatic carbocycles. The third kappa shape index (κ3) is 3.85. The lowest BCUT2D eigenvalue weighted by Gasteiger charge is -2.09. The molecule has 0 spiro atoms. The van der Waals surface area contributed by atoms with Crippen LogP contribution in [-0.4, -0.2) is 23.5 Å². The standard InChI is InChI=1S/C10H14ClN3O/c1-2-8(12)6-14-10(15)9-4-3-7(11)5-13-9/h3-5,8H,2,6,12H2,1H3,(H,14,15). The molecule has 0 aromatic carbocycles. The Morgan fingerprint density at radius 1 is 1.67 bits per heavy atom. The van der Waals surface area contributed by atoms with E-state index in [2.05, 4.69) is 10.3 Å². The van der Waals surface area contributed by atoms with Gasteiger partial charge in [-0.3, -0.25) is 4.79 Å². The van der Waals surface area contributed by atoms with Crippen LogP contribution in [0.4, 0.5) is 0 Å². The van der Waals surface area contributed by atoms with Crippen LogP contribution in [-0.2, 0) is 0 Å². The van der Waals surface area contributed by atoms with E-state index in [1.807, 2.05) is 6.92 Å². The van der Waals surface area contributed by atoms with E-state index in [-0.39, 0.29) is 11.9 Å². The molecule has 0 aliphatic rings. The highest BCUT2D eigenvalue weighted by atomic mass is 35.5. The van der Waals surface area contributed by atoms with E-state index in [9.17, 15) is 4.79 Å². The fourth-order valence-electron chi connectivity index (χ4n) is 0.969. The highest BCUT2D eigenvalue weighted by Crippen LogP contribution is 2.05. The average Bonchev–Trinajstić information content (AvgIpc) is 2.26. The van der Waals surface area contributed by atoms with Gasteiger partial charge >= 0.3 is 0 Å². The normalized spacial score (nSPS) is 12.2. The van der Waals surface area contributed by atoms with E-state index in [1.54, 1.807) is 12.1 Å². The maximum absolute atomic E-state index is 11.5. The number of carbonyl (C=O) groups excluding carboxylic acids is 1. The lowest BCUT2D eigenvalue weighted by molar-refractivity contribution is 0.0946. The second-order valence-corrected chi connectivity index (χ2v) is 3.68. The van der Waals surface area contributed by atoms with Crippen molar-refractivity contribution in [2.24, 2.45) is 5.73 Å². The van der Waals surface area contributed by atoms with Crippen LogP contribution in [0.5, 0.6) is 0 Å². The average molecular weight is 228 g/mol. The summed E-state index contributed by atoms with van der Waals surface area (Å²) in [6.45, 7) is 2.43. The molecule has 1 aromatic rings. The molecule has 1 atom stereocenters. The maximum Gasteiger partial charge on any atom is 0.269 e. The molecule has 3 N–H and O–H groups in total. The van der Waals surface area contributed by atoms with Gasteiger partial charge in [0.25, 0.3) is 5.91 Å². The summed E-state index contributed by atoms with van der Waals surface area (Å²) in [5.41, 5.74) is 6.02. The van der Waals surface area contributed by atoms with Gasteiger partial charge in [0.2, 0.25) is 0 Å². The quantitative estimate of drug-likeness (QED) is 0.812. The summed E-state index contributed by atoms with van der Waals surface area (Å²) in [4.78, 5) is 15.4. The Balaban J connectivity index is 2.50. The minimum absolute atomic E-state index is 0.0127. The van der Waals surface area contributed by atoms with Crippen LogP contribution in [0.15, 0.2) is 18.3 Å². The predicted molar refractivity (Wildman–Crippen MR) is 59.8 cm³/mol. The number of nitrogens with one attached hydrogen (secondary N) is 1. The number of rotatable bonds is 4. The van der Waals surface area contributed by atoms with Crippen LogP contribution < -0.4 is 11.1 Å². The molecule has 0 saturated heterocycles. The first-order valence-electron chi connectivity index (χ1n) is 4.78. The number of carbonyl (C=O) groups is 1. The lowest BCUT2D eigenvalue weighted by Crippen LogP contribution is -2.36. The van der Waals surface area contributed by atoms with E-state index in [0.29, 0.717) is 17.3 Å². The van der Waals surface area contributed by atoms with Crippen LogP contribution in [0.2, 0.25) is 5.02 Å². The van der Waals surface area contributed by atoms with Crippen molar-refractivity contribution in [1.82, 2.24) is 10.3 Å². The first-order chi connectivity index (χ1) is 7.13. The summed E-state index contributed by atoms with van der Waals surface area (Å²) < 4.78 is 0. The number of nitrogens with two attached hydrogens (primary N) is 1. The number of hydrogen-bond donors (Lipinski definition) is 2. The van der Waals surface area contributed by atoms with Crippen LogP contribution in [0.1, 0.15) is 23.8 Å². The van der Waals surface area contributed by atoms with Gasteiger partial charge in [-0.15, -0.1) is 0 Å². The zero-order valence-electron chi connectivity index (χ0n) is 8.53. The van der Waals surface area contributed by atoms with Crippen molar-refractivity contribution < 1.29 is 4.79 Å². The van der Waals surface area contributed by atoms with Crippen molar-refractivity contribution in [3.8, 4) is 0 Å². The maximum atomic E-state index is 11.5. The van der Waals surface area contributed by atoms with Gasteiger partial charge in [-0.2, -0.15) is 0 Å². The van der Waals surface area contributed by atoms with Crippen LogP contribution in [0, 0.1) is 0 Å². The van der Waals surface area contributed by atoms with Gasteiger partial charge in [-0.05, 0) is 18.6 Å². The number of halogens is 1. The first-order valence-corrected chi connectivity index (χ1v) is 5.16. The van der Waals surface area contributed by atoms with Gasteiger partial charge in [-0.1, -0.05) is 18.5 Å². The fraction of sp³-hybridized carbons (Fsp3) is 0.400. The zero-order valence-corrected chi connectivity index (χ0v) is 9.29. The van der Waals surface area contributed by atoms with Crippen LogP contribution in [0.3, 0.4) is 0 Å². The topological polar surface area (TPSA) is 68.0 Å².